The van der Waals surface area contributed by atoms with Crippen LogP contribution in [0.15, 0.2) is 46.0 Å². The van der Waals surface area contributed by atoms with Crippen molar-refractivity contribution >= 4 is 26.0 Å². The minimum atomic E-state index is -3.41. The minimum Gasteiger partial charge on any atom is -0.334 e. The van der Waals surface area contributed by atoms with Crippen molar-refractivity contribution in [2.24, 2.45) is 5.92 Å². The summed E-state index contributed by atoms with van der Waals surface area (Å²) in [5, 5.41) is 0. The molecule has 1 aromatic carbocycles. The van der Waals surface area contributed by atoms with Crippen LogP contribution in [0, 0.1) is 5.92 Å². The van der Waals surface area contributed by atoms with E-state index in [1.165, 1.54) is 0 Å². The van der Waals surface area contributed by atoms with Gasteiger partial charge in [0, 0.05) is 48.3 Å². The number of halogens is 1. The average molecular weight is 398 g/mol. The lowest BCUT2D eigenvalue weighted by Gasteiger charge is -2.38. The van der Waals surface area contributed by atoms with Gasteiger partial charge in [-0.25, -0.2) is 13.4 Å². The van der Waals surface area contributed by atoms with E-state index in [2.05, 4.69) is 39.3 Å². The first kappa shape index (κ1) is 16.7. The largest absolute Gasteiger partial charge is 0.334 e. The Kier molecular flexibility index (Phi) is 4.62. The Labute approximate surface area is 145 Å². The number of rotatable bonds is 5. The zero-order chi connectivity index (χ0) is 16.6. The van der Waals surface area contributed by atoms with Crippen LogP contribution in [-0.2, 0) is 16.6 Å². The van der Waals surface area contributed by atoms with Gasteiger partial charge in [-0.3, -0.25) is 0 Å². The van der Waals surface area contributed by atoms with Crippen molar-refractivity contribution in [3.8, 4) is 0 Å². The van der Waals surface area contributed by atoms with E-state index in [1.54, 1.807) is 22.5 Å². The molecule has 3 rings (SSSR count). The molecule has 0 bridgehead atoms. The second-order valence-electron chi connectivity index (χ2n) is 6.21. The summed E-state index contributed by atoms with van der Waals surface area (Å²) in [5.41, 5.74) is 0. The molecular weight excluding hydrogens is 378 g/mol. The van der Waals surface area contributed by atoms with Crippen molar-refractivity contribution in [1.29, 1.82) is 0 Å². The predicted molar refractivity (Wildman–Crippen MR) is 92.7 cm³/mol. The van der Waals surface area contributed by atoms with Crippen LogP contribution in [0.4, 0.5) is 0 Å². The van der Waals surface area contributed by atoms with Gasteiger partial charge in [0.25, 0.3) is 0 Å². The molecule has 0 aliphatic carbocycles. The van der Waals surface area contributed by atoms with Crippen molar-refractivity contribution in [3.05, 3.63) is 47.0 Å². The van der Waals surface area contributed by atoms with E-state index in [-0.39, 0.29) is 0 Å². The highest BCUT2D eigenvalue weighted by molar-refractivity contribution is 9.10. The van der Waals surface area contributed by atoms with Crippen molar-refractivity contribution in [2.75, 3.05) is 13.1 Å². The summed E-state index contributed by atoms with van der Waals surface area (Å²) in [6.45, 7) is 6.15. The molecule has 2 heterocycles. The lowest BCUT2D eigenvalue weighted by atomic mass is 10.0. The highest BCUT2D eigenvalue weighted by Crippen LogP contribution is 2.30. The summed E-state index contributed by atoms with van der Waals surface area (Å²) in [5.74, 6) is 1.75. The lowest BCUT2D eigenvalue weighted by molar-refractivity contribution is 0.178. The molecule has 124 valence electrons. The van der Waals surface area contributed by atoms with Gasteiger partial charge in [-0.05, 0) is 28.1 Å². The predicted octanol–water partition coefficient (Wildman–Crippen LogP) is 3.09. The fraction of sp³-hybridized carbons (Fsp3) is 0.438. The van der Waals surface area contributed by atoms with E-state index in [0.29, 0.717) is 34.3 Å². The third kappa shape index (κ3) is 3.22. The Morgan fingerprint density at radius 3 is 2.65 bits per heavy atom. The van der Waals surface area contributed by atoms with Crippen LogP contribution >= 0.6 is 15.9 Å². The van der Waals surface area contributed by atoms with Crippen LogP contribution in [0.25, 0.3) is 0 Å². The molecule has 1 aromatic heterocycles. The van der Waals surface area contributed by atoms with Gasteiger partial charge in [0.2, 0.25) is 10.0 Å². The van der Waals surface area contributed by atoms with E-state index in [1.807, 2.05) is 18.5 Å². The lowest BCUT2D eigenvalue weighted by Crippen LogP contribution is -2.51. The maximum atomic E-state index is 12.6. The molecule has 0 saturated carbocycles. The zero-order valence-electron chi connectivity index (χ0n) is 13.2. The topological polar surface area (TPSA) is 55.2 Å². The average Bonchev–Trinajstić information content (AvgIpc) is 2.90. The Hall–Kier alpha value is -1.18. The van der Waals surface area contributed by atoms with E-state index in [0.717, 1.165) is 12.4 Å². The fourth-order valence-electron chi connectivity index (χ4n) is 2.88. The number of nitrogens with zero attached hydrogens (tertiary/aromatic N) is 3. The van der Waals surface area contributed by atoms with E-state index in [9.17, 15) is 8.42 Å². The van der Waals surface area contributed by atoms with Crippen molar-refractivity contribution in [1.82, 2.24) is 13.9 Å². The third-order valence-electron chi connectivity index (χ3n) is 4.10. The molecule has 0 spiro atoms. The summed E-state index contributed by atoms with van der Waals surface area (Å²) < 4.78 is 29.6. The summed E-state index contributed by atoms with van der Waals surface area (Å²) in [7, 11) is -3.41. The molecular formula is C16H20BrN3O2S. The number of aromatic nitrogens is 2. The van der Waals surface area contributed by atoms with Crippen LogP contribution in [0.2, 0.25) is 0 Å². The standard InChI is InChI=1S/C16H20BrN3O2S/c1-12(2)16-18-7-8-19(16)9-13-10-20(11-13)23(21,22)15-6-4-3-5-14(15)17/h3-8,12-13H,9-11H2,1-2H3. The van der Waals surface area contributed by atoms with Gasteiger partial charge in [0.1, 0.15) is 5.82 Å². The minimum absolute atomic E-state index is 0.332. The van der Waals surface area contributed by atoms with Gasteiger partial charge in [-0.2, -0.15) is 4.31 Å². The number of sulfonamides is 1. The van der Waals surface area contributed by atoms with Gasteiger partial charge in [-0.1, -0.05) is 26.0 Å². The Morgan fingerprint density at radius 1 is 1.30 bits per heavy atom. The zero-order valence-corrected chi connectivity index (χ0v) is 15.6. The highest BCUT2D eigenvalue weighted by Gasteiger charge is 2.37. The normalized spacial score (nSPS) is 16.7. The van der Waals surface area contributed by atoms with Crippen LogP contribution in [-0.4, -0.2) is 35.4 Å². The van der Waals surface area contributed by atoms with Gasteiger partial charge in [-0.15, -0.1) is 0 Å². The fourth-order valence-corrected chi connectivity index (χ4v) is 5.44. The van der Waals surface area contributed by atoms with Gasteiger partial charge in [0.15, 0.2) is 0 Å². The van der Waals surface area contributed by atoms with Crippen molar-refractivity contribution in [2.45, 2.75) is 31.2 Å². The summed E-state index contributed by atoms with van der Waals surface area (Å²) >= 11 is 3.32. The van der Waals surface area contributed by atoms with Crippen LogP contribution in [0.5, 0.6) is 0 Å². The second kappa shape index (κ2) is 6.37. The maximum absolute atomic E-state index is 12.6. The first-order valence-electron chi connectivity index (χ1n) is 7.65. The summed E-state index contributed by atoms with van der Waals surface area (Å²) in [6.07, 6.45) is 3.78. The summed E-state index contributed by atoms with van der Waals surface area (Å²) in [4.78, 5) is 4.72. The second-order valence-corrected chi connectivity index (χ2v) is 8.97. The third-order valence-corrected chi connectivity index (χ3v) is 6.94. The number of imidazole rings is 1. The number of hydrogen-bond acceptors (Lipinski definition) is 3. The first-order chi connectivity index (χ1) is 10.9. The molecule has 2 aromatic rings. The van der Waals surface area contributed by atoms with E-state index in [4.69, 9.17) is 0 Å². The quantitative estimate of drug-likeness (QED) is 0.778. The monoisotopic (exact) mass is 397 g/mol. The van der Waals surface area contributed by atoms with Crippen molar-refractivity contribution in [3.63, 3.8) is 0 Å². The molecule has 0 amide bonds. The summed E-state index contributed by atoms with van der Waals surface area (Å²) in [6, 6.07) is 6.95. The van der Waals surface area contributed by atoms with E-state index >= 15 is 0 Å². The molecule has 0 unspecified atom stereocenters. The molecule has 0 N–H and O–H groups in total. The SMILES string of the molecule is CC(C)c1nccn1CC1CN(S(=O)(=O)c2ccccc2Br)C1. The molecule has 7 heteroatoms. The smallest absolute Gasteiger partial charge is 0.244 e. The number of benzene rings is 1. The highest BCUT2D eigenvalue weighted by atomic mass is 79.9. The molecule has 1 fully saturated rings. The van der Waals surface area contributed by atoms with Gasteiger partial charge in [0.05, 0.1) is 4.90 Å². The number of hydrogen-bond donors (Lipinski definition) is 0. The van der Waals surface area contributed by atoms with Crippen LogP contribution in [0.1, 0.15) is 25.6 Å². The maximum Gasteiger partial charge on any atom is 0.244 e. The molecule has 5 nitrogen and oxygen atoms in total. The van der Waals surface area contributed by atoms with E-state index < -0.39 is 10.0 Å². The Morgan fingerprint density at radius 2 is 2.00 bits per heavy atom. The molecule has 23 heavy (non-hydrogen) atoms. The van der Waals surface area contributed by atoms with Crippen LogP contribution < -0.4 is 0 Å². The molecule has 1 aliphatic heterocycles. The van der Waals surface area contributed by atoms with Crippen LogP contribution in [0.3, 0.4) is 0 Å². The van der Waals surface area contributed by atoms with Crippen molar-refractivity contribution < 1.29 is 8.42 Å². The molecule has 0 radical (unpaired) electrons. The Bertz CT molecular complexity index is 795. The molecule has 1 aliphatic rings. The Balaban J connectivity index is 1.67. The molecule has 1 saturated heterocycles. The first-order valence-corrected chi connectivity index (χ1v) is 9.88. The van der Waals surface area contributed by atoms with Gasteiger partial charge >= 0.3 is 0 Å². The molecule has 0 atom stereocenters. The van der Waals surface area contributed by atoms with Gasteiger partial charge < -0.3 is 4.57 Å².